The lowest BCUT2D eigenvalue weighted by Crippen LogP contribution is -1.94. The highest BCUT2D eigenvalue weighted by Crippen LogP contribution is 2.23. The molecule has 1 N–H and O–H groups in total. The van der Waals surface area contributed by atoms with Gasteiger partial charge in [-0.25, -0.2) is 4.79 Å². The molecule has 0 amide bonds. The van der Waals surface area contributed by atoms with Crippen LogP contribution in [0.25, 0.3) is 17.4 Å². The Labute approximate surface area is 107 Å². The summed E-state index contributed by atoms with van der Waals surface area (Å²) in [5.41, 5.74) is 0.884. The molecule has 2 aromatic rings. The van der Waals surface area contributed by atoms with Crippen molar-refractivity contribution in [3.05, 3.63) is 64.0 Å². The van der Waals surface area contributed by atoms with E-state index in [0.717, 1.165) is 6.20 Å². The lowest BCUT2D eigenvalue weighted by atomic mass is 10.1. The van der Waals surface area contributed by atoms with E-state index in [1.54, 1.807) is 24.3 Å². The molecule has 0 spiro atoms. The van der Waals surface area contributed by atoms with Gasteiger partial charge in [-0.15, -0.1) is 0 Å². The Kier molecular flexibility index (Phi) is 3.42. The van der Waals surface area contributed by atoms with Crippen molar-refractivity contribution in [1.29, 1.82) is 0 Å². The van der Waals surface area contributed by atoms with Gasteiger partial charge in [-0.3, -0.25) is 10.1 Å². The molecule has 0 radical (unpaired) electrons. The maximum Gasteiger partial charge on any atom is 0.335 e. The largest absolute Gasteiger partial charge is 0.478 e. The van der Waals surface area contributed by atoms with Crippen LogP contribution in [-0.4, -0.2) is 16.0 Å². The Morgan fingerprint density at radius 2 is 1.89 bits per heavy atom. The van der Waals surface area contributed by atoms with Crippen LogP contribution < -0.4 is 0 Å². The molecule has 1 aromatic heterocycles. The monoisotopic (exact) mass is 259 g/mol. The van der Waals surface area contributed by atoms with Crippen molar-refractivity contribution in [3.8, 4) is 11.3 Å². The quantitative estimate of drug-likeness (QED) is 0.673. The number of rotatable bonds is 4. The zero-order valence-corrected chi connectivity index (χ0v) is 9.65. The van der Waals surface area contributed by atoms with Gasteiger partial charge in [0.05, 0.1) is 16.6 Å². The van der Waals surface area contributed by atoms with Crippen molar-refractivity contribution in [2.24, 2.45) is 0 Å². The van der Waals surface area contributed by atoms with Gasteiger partial charge in [-0.05, 0) is 24.3 Å². The number of carbonyl (C=O) groups is 1. The smallest absolute Gasteiger partial charge is 0.335 e. The third-order valence-corrected chi connectivity index (χ3v) is 2.40. The molecule has 0 bridgehead atoms. The lowest BCUT2D eigenvalue weighted by molar-refractivity contribution is -0.401. The molecule has 19 heavy (non-hydrogen) atoms. The summed E-state index contributed by atoms with van der Waals surface area (Å²) in [4.78, 5) is 20.3. The van der Waals surface area contributed by atoms with E-state index in [0.29, 0.717) is 17.1 Å². The minimum atomic E-state index is -0.999. The topological polar surface area (TPSA) is 93.6 Å². The second kappa shape index (κ2) is 5.18. The summed E-state index contributed by atoms with van der Waals surface area (Å²) in [6.07, 6.45) is 2.03. The maximum absolute atomic E-state index is 10.7. The van der Waals surface area contributed by atoms with E-state index in [2.05, 4.69) is 0 Å². The van der Waals surface area contributed by atoms with Gasteiger partial charge >= 0.3 is 5.97 Å². The van der Waals surface area contributed by atoms with E-state index in [-0.39, 0.29) is 5.56 Å². The molecule has 96 valence electrons. The first-order valence-electron chi connectivity index (χ1n) is 5.31. The van der Waals surface area contributed by atoms with Gasteiger partial charge in [0, 0.05) is 5.56 Å². The standard InChI is InChI=1S/C13H9NO5/c15-13(16)10-3-1-9(2-4-10)12-6-5-11(19-12)7-8-14(17)18/h1-8H,(H,15,16)/b8-7+. The van der Waals surface area contributed by atoms with Gasteiger partial charge in [0.25, 0.3) is 0 Å². The van der Waals surface area contributed by atoms with Crippen molar-refractivity contribution < 1.29 is 19.2 Å². The summed E-state index contributed by atoms with van der Waals surface area (Å²) in [5, 5.41) is 18.9. The third kappa shape index (κ3) is 3.06. The van der Waals surface area contributed by atoms with E-state index in [1.165, 1.54) is 18.2 Å². The van der Waals surface area contributed by atoms with Crippen LogP contribution in [0.15, 0.2) is 47.0 Å². The average molecular weight is 259 g/mol. The molecule has 2 rings (SSSR count). The molecule has 0 aliphatic carbocycles. The average Bonchev–Trinajstić information content (AvgIpc) is 2.85. The Morgan fingerprint density at radius 3 is 2.47 bits per heavy atom. The van der Waals surface area contributed by atoms with E-state index < -0.39 is 10.9 Å². The van der Waals surface area contributed by atoms with Gasteiger partial charge in [-0.2, -0.15) is 0 Å². The lowest BCUT2D eigenvalue weighted by Gasteiger charge is -1.97. The number of furan rings is 1. The molecule has 1 aromatic carbocycles. The predicted octanol–water partition coefficient (Wildman–Crippen LogP) is 2.89. The molecule has 0 aliphatic heterocycles. The summed E-state index contributed by atoms with van der Waals surface area (Å²) in [6.45, 7) is 0. The highest BCUT2D eigenvalue weighted by molar-refractivity contribution is 5.88. The van der Waals surface area contributed by atoms with Crippen LogP contribution in [0.1, 0.15) is 16.1 Å². The van der Waals surface area contributed by atoms with Gasteiger partial charge in [-0.1, -0.05) is 12.1 Å². The number of carboxylic acids is 1. The molecular weight excluding hydrogens is 250 g/mol. The zero-order chi connectivity index (χ0) is 13.8. The van der Waals surface area contributed by atoms with Crippen LogP contribution in [0, 0.1) is 10.1 Å². The van der Waals surface area contributed by atoms with E-state index in [4.69, 9.17) is 9.52 Å². The molecule has 0 atom stereocenters. The summed E-state index contributed by atoms with van der Waals surface area (Å²) < 4.78 is 5.38. The molecule has 0 saturated carbocycles. The predicted molar refractivity (Wildman–Crippen MR) is 67.1 cm³/mol. The highest BCUT2D eigenvalue weighted by atomic mass is 16.6. The van der Waals surface area contributed by atoms with Crippen LogP contribution in [0.4, 0.5) is 0 Å². The summed E-state index contributed by atoms with van der Waals surface area (Å²) in [7, 11) is 0. The van der Waals surface area contributed by atoms with Crippen molar-refractivity contribution in [1.82, 2.24) is 0 Å². The first-order valence-corrected chi connectivity index (χ1v) is 5.31. The normalized spacial score (nSPS) is 10.7. The molecule has 0 saturated heterocycles. The van der Waals surface area contributed by atoms with Crippen molar-refractivity contribution in [2.45, 2.75) is 0 Å². The second-order valence-corrected chi connectivity index (χ2v) is 3.69. The van der Waals surface area contributed by atoms with E-state index in [9.17, 15) is 14.9 Å². The highest BCUT2D eigenvalue weighted by Gasteiger charge is 2.06. The zero-order valence-electron chi connectivity index (χ0n) is 9.65. The summed E-state index contributed by atoms with van der Waals surface area (Å²) in [6, 6.07) is 9.42. The Bertz CT molecular complexity index is 639. The van der Waals surface area contributed by atoms with Crippen molar-refractivity contribution in [2.75, 3.05) is 0 Å². The summed E-state index contributed by atoms with van der Waals surface area (Å²) >= 11 is 0. The van der Waals surface area contributed by atoms with Crippen LogP contribution in [0.3, 0.4) is 0 Å². The first-order chi connectivity index (χ1) is 9.06. The van der Waals surface area contributed by atoms with Crippen LogP contribution in [-0.2, 0) is 0 Å². The molecular formula is C13H9NO5. The fourth-order valence-electron chi connectivity index (χ4n) is 1.51. The molecule has 0 aliphatic rings. The number of benzene rings is 1. The minimum absolute atomic E-state index is 0.184. The molecule has 6 nitrogen and oxygen atoms in total. The van der Waals surface area contributed by atoms with Crippen molar-refractivity contribution in [3.63, 3.8) is 0 Å². The fraction of sp³-hybridized carbons (Fsp3) is 0. The number of aromatic carboxylic acids is 1. The van der Waals surface area contributed by atoms with Gasteiger partial charge in [0.15, 0.2) is 0 Å². The second-order valence-electron chi connectivity index (χ2n) is 3.69. The Balaban J connectivity index is 2.23. The Morgan fingerprint density at radius 1 is 1.21 bits per heavy atom. The molecule has 0 unspecified atom stereocenters. The fourth-order valence-corrected chi connectivity index (χ4v) is 1.51. The molecule has 0 fully saturated rings. The number of carboxylic acid groups (broad SMARTS) is 1. The number of nitrogens with zero attached hydrogens (tertiary/aromatic N) is 1. The van der Waals surface area contributed by atoms with Gasteiger partial charge in [0.1, 0.15) is 11.5 Å². The maximum atomic E-state index is 10.7. The number of nitro groups is 1. The Hall–Kier alpha value is -2.89. The van der Waals surface area contributed by atoms with Crippen molar-refractivity contribution >= 4 is 12.0 Å². The van der Waals surface area contributed by atoms with Crippen LogP contribution in [0.2, 0.25) is 0 Å². The van der Waals surface area contributed by atoms with Gasteiger partial charge < -0.3 is 9.52 Å². The van der Waals surface area contributed by atoms with Crippen LogP contribution in [0.5, 0.6) is 0 Å². The minimum Gasteiger partial charge on any atom is -0.478 e. The number of hydrogen-bond acceptors (Lipinski definition) is 4. The molecule has 1 heterocycles. The van der Waals surface area contributed by atoms with E-state index in [1.807, 2.05) is 0 Å². The first kappa shape index (κ1) is 12.6. The number of hydrogen-bond donors (Lipinski definition) is 1. The van der Waals surface area contributed by atoms with Gasteiger partial charge in [0.2, 0.25) is 6.20 Å². The SMILES string of the molecule is O=C(O)c1ccc(-c2ccc(/C=C/[N+](=O)[O-])o2)cc1. The van der Waals surface area contributed by atoms with E-state index >= 15 is 0 Å². The summed E-state index contributed by atoms with van der Waals surface area (Å²) in [5.74, 6) is -0.130. The third-order valence-electron chi connectivity index (χ3n) is 2.40. The molecule has 6 heteroatoms. The van der Waals surface area contributed by atoms with Crippen LogP contribution >= 0.6 is 0 Å².